The van der Waals surface area contributed by atoms with Crippen LogP contribution in [0.4, 0.5) is 8.78 Å². The SMILES string of the molecule is Cl.O=C(NCCN1CCC(Cc2ccccc2F)CC1)c1ccc(F)cc1. The van der Waals surface area contributed by atoms with Gasteiger partial charge in [-0.3, -0.25) is 4.79 Å². The predicted molar refractivity (Wildman–Crippen MR) is 105 cm³/mol. The number of likely N-dealkylation sites (tertiary alicyclic amines) is 1. The number of carbonyl (C=O) groups is 1. The maximum Gasteiger partial charge on any atom is 0.251 e. The van der Waals surface area contributed by atoms with Gasteiger partial charge < -0.3 is 10.2 Å². The topological polar surface area (TPSA) is 32.3 Å². The Morgan fingerprint density at radius 3 is 2.37 bits per heavy atom. The zero-order valence-electron chi connectivity index (χ0n) is 15.2. The van der Waals surface area contributed by atoms with Gasteiger partial charge in [-0.25, -0.2) is 8.78 Å². The molecule has 146 valence electrons. The monoisotopic (exact) mass is 394 g/mol. The molecule has 1 aliphatic heterocycles. The number of amides is 1. The molecule has 3 rings (SSSR count). The van der Waals surface area contributed by atoms with Crippen molar-refractivity contribution in [3.63, 3.8) is 0 Å². The highest BCUT2D eigenvalue weighted by molar-refractivity contribution is 5.94. The van der Waals surface area contributed by atoms with Crippen molar-refractivity contribution in [1.29, 1.82) is 0 Å². The van der Waals surface area contributed by atoms with Gasteiger partial charge >= 0.3 is 0 Å². The predicted octanol–water partition coefficient (Wildman–Crippen LogP) is 4.07. The summed E-state index contributed by atoms with van der Waals surface area (Å²) in [5.41, 5.74) is 1.27. The summed E-state index contributed by atoms with van der Waals surface area (Å²) in [7, 11) is 0. The van der Waals surface area contributed by atoms with Gasteiger partial charge in [-0.1, -0.05) is 18.2 Å². The lowest BCUT2D eigenvalue weighted by molar-refractivity contribution is 0.0944. The van der Waals surface area contributed by atoms with Crippen LogP contribution in [-0.2, 0) is 6.42 Å². The molecule has 1 N–H and O–H groups in total. The molecule has 6 heteroatoms. The van der Waals surface area contributed by atoms with Crippen molar-refractivity contribution in [2.45, 2.75) is 19.3 Å². The number of nitrogens with one attached hydrogen (secondary N) is 1. The number of halogens is 3. The molecule has 1 amide bonds. The van der Waals surface area contributed by atoms with Crippen molar-refractivity contribution in [2.24, 2.45) is 5.92 Å². The second kappa shape index (κ2) is 10.4. The van der Waals surface area contributed by atoms with Gasteiger partial charge in [-0.05, 0) is 74.2 Å². The minimum Gasteiger partial charge on any atom is -0.351 e. The highest BCUT2D eigenvalue weighted by Crippen LogP contribution is 2.22. The number of piperidine rings is 1. The molecular formula is C21H25ClF2N2O. The number of nitrogens with zero attached hydrogens (tertiary/aromatic N) is 1. The molecule has 0 unspecified atom stereocenters. The van der Waals surface area contributed by atoms with Crippen molar-refractivity contribution in [1.82, 2.24) is 10.2 Å². The smallest absolute Gasteiger partial charge is 0.251 e. The summed E-state index contributed by atoms with van der Waals surface area (Å²) in [5, 5.41) is 2.87. The number of carbonyl (C=O) groups excluding carboxylic acids is 1. The lowest BCUT2D eigenvalue weighted by Gasteiger charge is -2.32. The Morgan fingerprint density at radius 1 is 1.04 bits per heavy atom. The number of rotatable bonds is 6. The third-order valence-corrected chi connectivity index (χ3v) is 4.99. The van der Waals surface area contributed by atoms with E-state index < -0.39 is 0 Å². The van der Waals surface area contributed by atoms with Crippen LogP contribution in [0.3, 0.4) is 0 Å². The van der Waals surface area contributed by atoms with Crippen molar-refractivity contribution in [3.05, 3.63) is 71.3 Å². The first-order valence-corrected chi connectivity index (χ1v) is 9.11. The molecule has 2 aromatic rings. The molecule has 0 aliphatic carbocycles. The van der Waals surface area contributed by atoms with Crippen LogP contribution in [0.2, 0.25) is 0 Å². The molecule has 0 bridgehead atoms. The van der Waals surface area contributed by atoms with Crippen LogP contribution in [0, 0.1) is 17.6 Å². The summed E-state index contributed by atoms with van der Waals surface area (Å²) in [6.45, 7) is 3.28. The molecule has 2 aromatic carbocycles. The van der Waals surface area contributed by atoms with Crippen molar-refractivity contribution < 1.29 is 13.6 Å². The van der Waals surface area contributed by atoms with E-state index in [2.05, 4.69) is 10.2 Å². The number of hydrogen-bond acceptors (Lipinski definition) is 2. The average Bonchev–Trinajstić information content (AvgIpc) is 2.65. The Morgan fingerprint density at radius 2 is 1.70 bits per heavy atom. The minimum atomic E-state index is -0.347. The van der Waals surface area contributed by atoms with Gasteiger partial charge in [-0.15, -0.1) is 12.4 Å². The summed E-state index contributed by atoms with van der Waals surface area (Å²) < 4.78 is 26.6. The third-order valence-electron chi connectivity index (χ3n) is 4.99. The molecule has 1 saturated heterocycles. The summed E-state index contributed by atoms with van der Waals surface area (Å²) >= 11 is 0. The molecule has 0 atom stereocenters. The maximum atomic E-state index is 13.8. The Bertz CT molecular complexity index is 731. The van der Waals surface area contributed by atoms with Crippen molar-refractivity contribution >= 4 is 18.3 Å². The van der Waals surface area contributed by atoms with Crippen LogP contribution in [0.5, 0.6) is 0 Å². The molecule has 3 nitrogen and oxygen atoms in total. The van der Waals surface area contributed by atoms with Crippen LogP contribution in [0.25, 0.3) is 0 Å². The van der Waals surface area contributed by atoms with Gasteiger partial charge in [-0.2, -0.15) is 0 Å². The lowest BCUT2D eigenvalue weighted by atomic mass is 9.90. The standard InChI is InChI=1S/C21H24F2N2O.ClH/c22-19-7-5-17(6-8-19)21(26)24-11-14-25-12-9-16(10-13-25)15-18-3-1-2-4-20(18)23;/h1-8,16H,9-15H2,(H,24,26);1H. The largest absolute Gasteiger partial charge is 0.351 e. The van der Waals surface area contributed by atoms with Crippen LogP contribution in [0.15, 0.2) is 48.5 Å². The average molecular weight is 395 g/mol. The van der Waals surface area contributed by atoms with Gasteiger partial charge in [0.25, 0.3) is 5.91 Å². The third kappa shape index (κ3) is 6.29. The number of hydrogen-bond donors (Lipinski definition) is 1. The van der Waals surface area contributed by atoms with E-state index in [0.717, 1.165) is 44.5 Å². The molecule has 0 spiro atoms. The zero-order valence-corrected chi connectivity index (χ0v) is 16.0. The molecule has 0 aromatic heterocycles. The lowest BCUT2D eigenvalue weighted by Crippen LogP contribution is -2.40. The first-order valence-electron chi connectivity index (χ1n) is 9.11. The van der Waals surface area contributed by atoms with Crippen LogP contribution in [-0.4, -0.2) is 37.0 Å². The fourth-order valence-electron chi connectivity index (χ4n) is 3.42. The normalized spacial score (nSPS) is 15.2. The number of benzene rings is 2. The van der Waals surface area contributed by atoms with E-state index in [-0.39, 0.29) is 29.9 Å². The Labute approximate surface area is 165 Å². The Kier molecular flexibility index (Phi) is 8.20. The highest BCUT2D eigenvalue weighted by atomic mass is 35.5. The molecule has 1 fully saturated rings. The quantitative estimate of drug-likeness (QED) is 0.801. The van der Waals surface area contributed by atoms with Crippen molar-refractivity contribution in [2.75, 3.05) is 26.2 Å². The minimum absolute atomic E-state index is 0. The molecule has 1 aliphatic rings. The molecule has 0 saturated carbocycles. The maximum absolute atomic E-state index is 13.8. The van der Waals surface area contributed by atoms with E-state index in [1.54, 1.807) is 6.07 Å². The summed E-state index contributed by atoms with van der Waals surface area (Å²) in [6, 6.07) is 12.5. The van der Waals surface area contributed by atoms with E-state index in [1.165, 1.54) is 30.3 Å². The van der Waals surface area contributed by atoms with Gasteiger partial charge in [0.15, 0.2) is 0 Å². The Balaban J connectivity index is 0.00000261. The van der Waals surface area contributed by atoms with Crippen molar-refractivity contribution in [3.8, 4) is 0 Å². The van der Waals surface area contributed by atoms with Crippen LogP contribution in [0.1, 0.15) is 28.8 Å². The van der Waals surface area contributed by atoms with Crippen LogP contribution < -0.4 is 5.32 Å². The summed E-state index contributed by atoms with van der Waals surface area (Å²) in [6.07, 6.45) is 2.88. The van der Waals surface area contributed by atoms with Gasteiger partial charge in [0.2, 0.25) is 0 Å². The van der Waals surface area contributed by atoms with E-state index in [9.17, 15) is 13.6 Å². The summed E-state index contributed by atoms with van der Waals surface area (Å²) in [5.74, 6) is -0.130. The van der Waals surface area contributed by atoms with E-state index in [4.69, 9.17) is 0 Å². The van der Waals surface area contributed by atoms with Crippen LogP contribution >= 0.6 is 12.4 Å². The van der Waals surface area contributed by atoms with E-state index in [1.807, 2.05) is 12.1 Å². The first-order chi connectivity index (χ1) is 12.6. The molecule has 27 heavy (non-hydrogen) atoms. The Hall–Kier alpha value is -1.98. The highest BCUT2D eigenvalue weighted by Gasteiger charge is 2.20. The van der Waals surface area contributed by atoms with Gasteiger partial charge in [0, 0.05) is 18.7 Å². The van der Waals surface area contributed by atoms with Gasteiger partial charge in [0.05, 0.1) is 0 Å². The molecular weight excluding hydrogens is 370 g/mol. The fourth-order valence-corrected chi connectivity index (χ4v) is 3.42. The molecule has 1 heterocycles. The van der Waals surface area contributed by atoms with E-state index >= 15 is 0 Å². The summed E-state index contributed by atoms with van der Waals surface area (Å²) in [4.78, 5) is 14.3. The fraction of sp³-hybridized carbons (Fsp3) is 0.381. The molecule has 0 radical (unpaired) electrons. The van der Waals surface area contributed by atoms with E-state index in [0.29, 0.717) is 18.0 Å². The first kappa shape index (κ1) is 21.3. The van der Waals surface area contributed by atoms with Gasteiger partial charge in [0.1, 0.15) is 11.6 Å². The zero-order chi connectivity index (χ0) is 18.4. The second-order valence-corrected chi connectivity index (χ2v) is 6.84. The second-order valence-electron chi connectivity index (χ2n) is 6.84.